The number of nitrogens with two attached hydrogens (primary N) is 1. The van der Waals surface area contributed by atoms with Crippen molar-refractivity contribution in [2.45, 2.75) is 33.2 Å². The number of carbonyl (C=O) groups is 1. The molecule has 9 nitrogen and oxygen atoms in total. The maximum atomic E-state index is 12.0. The number of hydrogen-bond acceptors (Lipinski definition) is 7. The zero-order chi connectivity index (χ0) is 24.2. The highest BCUT2D eigenvalue weighted by molar-refractivity contribution is 5.90. The van der Waals surface area contributed by atoms with Crippen molar-refractivity contribution in [3.8, 4) is 17.1 Å². The molecule has 1 atom stereocenters. The zero-order valence-corrected chi connectivity index (χ0v) is 20.0. The van der Waals surface area contributed by atoms with E-state index in [0.717, 1.165) is 36.0 Å². The second kappa shape index (κ2) is 9.94. The Bertz CT molecular complexity index is 1310. The highest BCUT2D eigenvalue weighted by atomic mass is 16.5. The molecule has 1 aromatic carbocycles. The van der Waals surface area contributed by atoms with Crippen LogP contribution in [0.1, 0.15) is 35.8 Å². The summed E-state index contributed by atoms with van der Waals surface area (Å²) >= 11 is 0. The molecule has 0 amide bonds. The van der Waals surface area contributed by atoms with Gasteiger partial charge in [0, 0.05) is 19.3 Å². The molecule has 178 valence electrons. The number of hydrogen-bond donors (Lipinski definition) is 1. The number of rotatable bonds is 9. The number of anilines is 1. The molecule has 9 heteroatoms. The van der Waals surface area contributed by atoms with Gasteiger partial charge in [-0.05, 0) is 49.9 Å². The Morgan fingerprint density at radius 1 is 1.21 bits per heavy atom. The number of aryl methyl sites for hydroxylation is 2. The molecule has 0 bridgehead atoms. The van der Waals surface area contributed by atoms with E-state index in [9.17, 15) is 4.79 Å². The van der Waals surface area contributed by atoms with Gasteiger partial charge in [-0.2, -0.15) is 5.10 Å². The average Bonchev–Trinajstić information content (AvgIpc) is 3.34. The molecular formula is C25H30N6O3. The molecule has 34 heavy (non-hydrogen) atoms. The van der Waals surface area contributed by atoms with Gasteiger partial charge in [0.2, 0.25) is 11.8 Å². The molecule has 0 saturated carbocycles. The van der Waals surface area contributed by atoms with E-state index < -0.39 is 5.97 Å². The molecule has 0 spiro atoms. The van der Waals surface area contributed by atoms with Crippen LogP contribution in [-0.4, -0.2) is 44.0 Å². The molecular weight excluding hydrogens is 432 g/mol. The number of nitrogens with zero attached hydrogens (tertiary/aromatic N) is 5. The molecule has 4 aromatic rings. The second-order valence-electron chi connectivity index (χ2n) is 8.53. The predicted octanol–water partition coefficient (Wildman–Crippen LogP) is 4.00. The van der Waals surface area contributed by atoms with Gasteiger partial charge < -0.3 is 19.8 Å². The predicted molar refractivity (Wildman–Crippen MR) is 131 cm³/mol. The van der Waals surface area contributed by atoms with Crippen molar-refractivity contribution in [1.29, 1.82) is 0 Å². The number of fused-ring (bicyclic) bond motifs is 1. The minimum Gasteiger partial charge on any atom is -0.477 e. The number of nitrogen functional groups attached to an aromatic ring is 1. The van der Waals surface area contributed by atoms with E-state index in [0.29, 0.717) is 41.3 Å². The van der Waals surface area contributed by atoms with Gasteiger partial charge in [-0.1, -0.05) is 19.1 Å². The standard InChI is InChI=1S/C25H30N6O3/c1-16(15-31-22-10-6-5-9-20(22)29-25(31)26)8-7-11-34-23-19(14-27-30(23)3)21-13-18(24(32)33-4)12-17(2)28-21/h5-6,9-10,12-14,16H,7-8,11,15H2,1-4H3,(H2,26,29)/t16-/m1/s1. The van der Waals surface area contributed by atoms with Gasteiger partial charge in [0.15, 0.2) is 0 Å². The van der Waals surface area contributed by atoms with E-state index >= 15 is 0 Å². The van der Waals surface area contributed by atoms with Crippen molar-refractivity contribution in [2.24, 2.45) is 13.0 Å². The first-order valence-corrected chi connectivity index (χ1v) is 11.3. The van der Waals surface area contributed by atoms with E-state index in [2.05, 4.69) is 26.6 Å². The van der Waals surface area contributed by atoms with E-state index in [1.807, 2.05) is 38.2 Å². The van der Waals surface area contributed by atoms with Crippen molar-refractivity contribution in [2.75, 3.05) is 19.5 Å². The first-order chi connectivity index (χ1) is 16.4. The number of aromatic nitrogens is 5. The third-order valence-electron chi connectivity index (χ3n) is 5.79. The minimum atomic E-state index is -0.404. The Balaban J connectivity index is 1.39. The van der Waals surface area contributed by atoms with Crippen molar-refractivity contribution in [1.82, 2.24) is 24.3 Å². The monoisotopic (exact) mass is 462 g/mol. The lowest BCUT2D eigenvalue weighted by molar-refractivity contribution is 0.0600. The lowest BCUT2D eigenvalue weighted by Gasteiger charge is -2.15. The van der Waals surface area contributed by atoms with Crippen LogP contribution in [0.25, 0.3) is 22.3 Å². The Morgan fingerprint density at radius 2 is 2.00 bits per heavy atom. The number of imidazole rings is 1. The first-order valence-electron chi connectivity index (χ1n) is 11.3. The zero-order valence-electron chi connectivity index (χ0n) is 20.0. The summed E-state index contributed by atoms with van der Waals surface area (Å²) in [7, 11) is 3.19. The Morgan fingerprint density at radius 3 is 2.79 bits per heavy atom. The summed E-state index contributed by atoms with van der Waals surface area (Å²) in [6.07, 6.45) is 3.54. The third-order valence-corrected chi connectivity index (χ3v) is 5.79. The summed E-state index contributed by atoms with van der Waals surface area (Å²) in [5, 5.41) is 4.33. The number of esters is 1. The first kappa shape index (κ1) is 23.3. The topological polar surface area (TPSA) is 110 Å². The van der Waals surface area contributed by atoms with Gasteiger partial charge in [-0.3, -0.25) is 4.98 Å². The number of para-hydroxylation sites is 2. The van der Waals surface area contributed by atoms with Gasteiger partial charge in [-0.15, -0.1) is 0 Å². The fraction of sp³-hybridized carbons (Fsp3) is 0.360. The van der Waals surface area contributed by atoms with Crippen LogP contribution in [0.2, 0.25) is 0 Å². The maximum absolute atomic E-state index is 12.0. The molecule has 3 heterocycles. The number of carbonyl (C=O) groups excluding carboxylic acids is 1. The third kappa shape index (κ3) is 4.88. The van der Waals surface area contributed by atoms with E-state index in [4.69, 9.17) is 15.2 Å². The van der Waals surface area contributed by atoms with Crippen LogP contribution in [0.3, 0.4) is 0 Å². The summed E-state index contributed by atoms with van der Waals surface area (Å²) in [5.41, 5.74) is 10.6. The van der Waals surface area contributed by atoms with Crippen LogP contribution in [-0.2, 0) is 18.3 Å². The molecule has 0 aliphatic carbocycles. The summed E-state index contributed by atoms with van der Waals surface area (Å²) < 4.78 is 14.7. The van der Waals surface area contributed by atoms with Crippen molar-refractivity contribution < 1.29 is 14.3 Å². The average molecular weight is 463 g/mol. The van der Waals surface area contributed by atoms with E-state index in [1.165, 1.54) is 7.11 Å². The molecule has 2 N–H and O–H groups in total. The molecule has 0 saturated heterocycles. The van der Waals surface area contributed by atoms with Gasteiger partial charge in [0.05, 0.1) is 47.8 Å². The second-order valence-corrected chi connectivity index (χ2v) is 8.53. The minimum absolute atomic E-state index is 0.399. The fourth-order valence-electron chi connectivity index (χ4n) is 4.11. The summed E-state index contributed by atoms with van der Waals surface area (Å²) in [4.78, 5) is 21.0. The smallest absolute Gasteiger partial charge is 0.337 e. The summed E-state index contributed by atoms with van der Waals surface area (Å²) in [5.74, 6) is 1.15. The molecule has 0 unspecified atom stereocenters. The number of pyridine rings is 1. The Kier molecular flexibility index (Phi) is 6.81. The number of benzene rings is 1. The SMILES string of the molecule is COC(=O)c1cc(C)nc(-c2cnn(C)c2OCCC[C@@H](C)Cn2c(N)nc3ccccc32)c1. The molecule has 0 fully saturated rings. The van der Waals surface area contributed by atoms with Gasteiger partial charge in [0.1, 0.15) is 0 Å². The summed E-state index contributed by atoms with van der Waals surface area (Å²) in [6.45, 7) is 5.37. The van der Waals surface area contributed by atoms with Crippen molar-refractivity contribution >= 4 is 23.0 Å². The number of ether oxygens (including phenoxy) is 2. The molecule has 0 aliphatic heterocycles. The van der Waals surface area contributed by atoms with Crippen LogP contribution in [0.15, 0.2) is 42.6 Å². The van der Waals surface area contributed by atoms with E-state index in [-0.39, 0.29) is 0 Å². The highest BCUT2D eigenvalue weighted by Crippen LogP contribution is 2.29. The fourth-order valence-corrected chi connectivity index (χ4v) is 4.11. The largest absolute Gasteiger partial charge is 0.477 e. The normalized spacial score (nSPS) is 12.1. The lowest BCUT2D eigenvalue weighted by atomic mass is 10.1. The molecule has 0 aliphatic rings. The van der Waals surface area contributed by atoms with Gasteiger partial charge in [0.25, 0.3) is 0 Å². The molecule has 0 radical (unpaired) electrons. The Hall–Kier alpha value is -3.88. The molecule has 3 aromatic heterocycles. The lowest BCUT2D eigenvalue weighted by Crippen LogP contribution is -2.12. The van der Waals surface area contributed by atoms with Crippen molar-refractivity contribution in [3.63, 3.8) is 0 Å². The van der Waals surface area contributed by atoms with Gasteiger partial charge >= 0.3 is 5.97 Å². The van der Waals surface area contributed by atoms with Crippen LogP contribution in [0, 0.1) is 12.8 Å². The molecule has 4 rings (SSSR count). The van der Waals surface area contributed by atoms with Crippen LogP contribution in [0.4, 0.5) is 5.95 Å². The van der Waals surface area contributed by atoms with Crippen LogP contribution in [0.5, 0.6) is 5.88 Å². The number of methoxy groups -OCH3 is 1. The highest BCUT2D eigenvalue weighted by Gasteiger charge is 2.17. The van der Waals surface area contributed by atoms with Gasteiger partial charge in [-0.25, -0.2) is 14.5 Å². The van der Waals surface area contributed by atoms with Crippen molar-refractivity contribution in [3.05, 3.63) is 53.9 Å². The maximum Gasteiger partial charge on any atom is 0.337 e. The van der Waals surface area contributed by atoms with E-state index in [1.54, 1.807) is 23.0 Å². The van der Waals surface area contributed by atoms with Crippen LogP contribution >= 0.6 is 0 Å². The quantitative estimate of drug-likeness (QED) is 0.296. The van der Waals surface area contributed by atoms with Crippen LogP contribution < -0.4 is 10.5 Å². The Labute approximate surface area is 198 Å². The summed E-state index contributed by atoms with van der Waals surface area (Å²) in [6, 6.07) is 11.4.